The Hall–Kier alpha value is -3.15. The molecule has 0 N–H and O–H groups in total. The van der Waals surface area contributed by atoms with Crippen molar-refractivity contribution >= 4 is 29.2 Å². The number of rotatable bonds is 3. The lowest BCUT2D eigenvalue weighted by atomic mass is 10.0. The lowest BCUT2D eigenvalue weighted by Gasteiger charge is -2.30. The van der Waals surface area contributed by atoms with Crippen LogP contribution in [0.4, 0.5) is 16.2 Å². The first-order valence-electron chi connectivity index (χ1n) is 9.16. The molecule has 2 aliphatic rings. The van der Waals surface area contributed by atoms with Crippen LogP contribution in [0.25, 0.3) is 0 Å². The van der Waals surface area contributed by atoms with Gasteiger partial charge in [-0.2, -0.15) is 0 Å². The van der Waals surface area contributed by atoms with Gasteiger partial charge in [-0.25, -0.2) is 4.79 Å². The summed E-state index contributed by atoms with van der Waals surface area (Å²) in [5, 5.41) is 0. The second-order valence-electron chi connectivity index (χ2n) is 6.87. The van der Waals surface area contributed by atoms with Gasteiger partial charge in [-0.15, -0.1) is 0 Å². The van der Waals surface area contributed by atoms with Gasteiger partial charge in [-0.05, 0) is 43.5 Å². The second-order valence-corrected chi connectivity index (χ2v) is 6.87. The van der Waals surface area contributed by atoms with Crippen molar-refractivity contribution in [2.24, 2.45) is 0 Å². The Labute approximate surface area is 158 Å². The molecule has 0 spiro atoms. The zero-order valence-corrected chi connectivity index (χ0v) is 15.2. The summed E-state index contributed by atoms with van der Waals surface area (Å²) in [5.74, 6) is -0.576. The average Bonchev–Trinajstić information content (AvgIpc) is 2.91. The van der Waals surface area contributed by atoms with Crippen LogP contribution in [-0.2, 0) is 16.0 Å². The number of aryl methyl sites for hydroxylation is 1. The molecular formula is C21H21N3O3. The summed E-state index contributed by atoms with van der Waals surface area (Å²) >= 11 is 0. The fraction of sp³-hybridized carbons (Fsp3) is 0.286. The van der Waals surface area contributed by atoms with Crippen molar-refractivity contribution in [3.63, 3.8) is 0 Å². The normalized spacial score (nSPS) is 19.4. The molecule has 6 nitrogen and oxygen atoms in total. The Bertz CT molecular complexity index is 897. The molecule has 2 aromatic rings. The first kappa shape index (κ1) is 17.3. The van der Waals surface area contributed by atoms with Gasteiger partial charge >= 0.3 is 6.03 Å². The van der Waals surface area contributed by atoms with Crippen LogP contribution in [-0.4, -0.2) is 41.9 Å². The number of imide groups is 1. The van der Waals surface area contributed by atoms with Crippen LogP contribution in [0.2, 0.25) is 0 Å². The highest BCUT2D eigenvalue weighted by Gasteiger charge is 2.44. The molecule has 4 amide bonds. The van der Waals surface area contributed by atoms with E-state index in [1.54, 1.807) is 24.0 Å². The lowest BCUT2D eigenvalue weighted by molar-refractivity contribution is -0.131. The summed E-state index contributed by atoms with van der Waals surface area (Å²) in [6.07, 6.45) is 1.80. The van der Waals surface area contributed by atoms with Gasteiger partial charge in [0.15, 0.2) is 0 Å². The smallest absolute Gasteiger partial charge is 0.311 e. The second kappa shape index (κ2) is 6.87. The maximum Gasteiger partial charge on any atom is 0.332 e. The van der Waals surface area contributed by atoms with Gasteiger partial charge in [0.05, 0.1) is 0 Å². The molecule has 0 bridgehead atoms. The Morgan fingerprint density at radius 2 is 1.74 bits per heavy atom. The number of carbonyl (C=O) groups excluding carboxylic acids is 3. The molecule has 2 aliphatic heterocycles. The van der Waals surface area contributed by atoms with E-state index in [4.69, 9.17) is 0 Å². The van der Waals surface area contributed by atoms with E-state index in [9.17, 15) is 14.4 Å². The summed E-state index contributed by atoms with van der Waals surface area (Å²) < 4.78 is 0. The summed E-state index contributed by atoms with van der Waals surface area (Å²) in [6, 6.07) is 15.8. The quantitative estimate of drug-likeness (QED) is 0.788. The molecule has 0 unspecified atom stereocenters. The van der Waals surface area contributed by atoms with Crippen molar-refractivity contribution in [2.75, 3.05) is 22.9 Å². The summed E-state index contributed by atoms with van der Waals surface area (Å²) in [4.78, 5) is 42.6. The number of nitrogens with zero attached hydrogens (tertiary/aromatic N) is 3. The van der Waals surface area contributed by atoms with Crippen LogP contribution < -0.4 is 9.80 Å². The van der Waals surface area contributed by atoms with Crippen LogP contribution in [0.5, 0.6) is 0 Å². The van der Waals surface area contributed by atoms with Crippen molar-refractivity contribution in [2.45, 2.75) is 25.8 Å². The molecule has 1 saturated heterocycles. The molecular weight excluding hydrogens is 342 g/mol. The van der Waals surface area contributed by atoms with E-state index in [-0.39, 0.29) is 18.4 Å². The minimum atomic E-state index is -0.624. The third-order valence-corrected chi connectivity index (χ3v) is 5.19. The molecule has 2 heterocycles. The van der Waals surface area contributed by atoms with Gasteiger partial charge in [-0.1, -0.05) is 36.4 Å². The molecule has 1 fully saturated rings. The number of hydrogen-bond acceptors (Lipinski definition) is 3. The molecule has 0 aliphatic carbocycles. The molecule has 27 heavy (non-hydrogen) atoms. The van der Waals surface area contributed by atoms with Gasteiger partial charge < -0.3 is 4.90 Å². The van der Waals surface area contributed by atoms with Crippen molar-refractivity contribution in [3.8, 4) is 0 Å². The van der Waals surface area contributed by atoms with Crippen LogP contribution in [0, 0.1) is 0 Å². The van der Waals surface area contributed by atoms with E-state index in [1.165, 1.54) is 4.90 Å². The number of amides is 4. The SMILES string of the molecule is C[C@@H]1C(=O)N(CC(=O)N2CCCc3ccccc32)C(=O)N1c1ccccc1. The number of carbonyl (C=O) groups is 3. The number of benzene rings is 2. The monoisotopic (exact) mass is 363 g/mol. The van der Waals surface area contributed by atoms with E-state index < -0.39 is 12.1 Å². The summed E-state index contributed by atoms with van der Waals surface area (Å²) in [5.41, 5.74) is 2.65. The summed E-state index contributed by atoms with van der Waals surface area (Å²) in [6.45, 7) is 2.05. The molecule has 1 atom stereocenters. The minimum absolute atomic E-state index is 0.231. The van der Waals surface area contributed by atoms with Gasteiger partial charge in [0.1, 0.15) is 12.6 Å². The topological polar surface area (TPSA) is 60.9 Å². The first-order valence-corrected chi connectivity index (χ1v) is 9.16. The Balaban J connectivity index is 1.55. The van der Waals surface area contributed by atoms with Crippen LogP contribution in [0.15, 0.2) is 54.6 Å². The van der Waals surface area contributed by atoms with Gasteiger partial charge in [0.25, 0.3) is 5.91 Å². The van der Waals surface area contributed by atoms with E-state index >= 15 is 0 Å². The van der Waals surface area contributed by atoms with E-state index in [2.05, 4.69) is 0 Å². The van der Waals surface area contributed by atoms with Crippen molar-refractivity contribution in [1.82, 2.24) is 4.90 Å². The zero-order chi connectivity index (χ0) is 19.0. The molecule has 4 rings (SSSR count). The Morgan fingerprint density at radius 3 is 2.52 bits per heavy atom. The maximum absolute atomic E-state index is 12.9. The fourth-order valence-electron chi connectivity index (χ4n) is 3.81. The van der Waals surface area contributed by atoms with Gasteiger partial charge in [0, 0.05) is 17.9 Å². The lowest BCUT2D eigenvalue weighted by Crippen LogP contribution is -2.45. The van der Waals surface area contributed by atoms with Gasteiger partial charge in [-0.3, -0.25) is 19.4 Å². The molecule has 6 heteroatoms. The van der Waals surface area contributed by atoms with Gasteiger partial charge in [0.2, 0.25) is 5.91 Å². The molecule has 0 radical (unpaired) electrons. The van der Waals surface area contributed by atoms with Crippen LogP contribution >= 0.6 is 0 Å². The average molecular weight is 363 g/mol. The van der Waals surface area contributed by atoms with Crippen molar-refractivity contribution in [1.29, 1.82) is 0 Å². The highest BCUT2D eigenvalue weighted by atomic mass is 16.2. The Morgan fingerprint density at radius 1 is 1.04 bits per heavy atom. The van der Waals surface area contributed by atoms with E-state index in [0.717, 1.165) is 29.0 Å². The van der Waals surface area contributed by atoms with E-state index in [1.807, 2.05) is 42.5 Å². The molecule has 138 valence electrons. The molecule has 2 aromatic carbocycles. The van der Waals surface area contributed by atoms with Crippen molar-refractivity contribution in [3.05, 3.63) is 60.2 Å². The number of urea groups is 1. The minimum Gasteiger partial charge on any atom is -0.311 e. The van der Waals surface area contributed by atoms with Crippen molar-refractivity contribution < 1.29 is 14.4 Å². The summed E-state index contributed by atoms with van der Waals surface area (Å²) in [7, 11) is 0. The number of para-hydroxylation sites is 2. The highest BCUT2D eigenvalue weighted by Crippen LogP contribution is 2.28. The maximum atomic E-state index is 12.9. The van der Waals surface area contributed by atoms with Crippen LogP contribution in [0.3, 0.4) is 0 Å². The third-order valence-electron chi connectivity index (χ3n) is 5.19. The van der Waals surface area contributed by atoms with Crippen LogP contribution in [0.1, 0.15) is 18.9 Å². The zero-order valence-electron chi connectivity index (χ0n) is 15.2. The molecule has 0 aromatic heterocycles. The Kier molecular flexibility index (Phi) is 4.39. The predicted molar refractivity (Wildman–Crippen MR) is 103 cm³/mol. The highest BCUT2D eigenvalue weighted by molar-refractivity contribution is 6.16. The van der Waals surface area contributed by atoms with E-state index in [0.29, 0.717) is 12.2 Å². The number of fused-ring (bicyclic) bond motifs is 1. The fourth-order valence-corrected chi connectivity index (χ4v) is 3.81. The number of anilines is 2. The standard InChI is InChI=1S/C21H21N3O3/c1-15-20(26)23(21(27)24(15)17-10-3-2-4-11-17)14-19(25)22-13-7-9-16-8-5-6-12-18(16)22/h2-6,8,10-12,15H,7,9,13-14H2,1H3/t15-/m1/s1. The number of hydrogen-bond donors (Lipinski definition) is 0. The third kappa shape index (κ3) is 2.97. The predicted octanol–water partition coefficient (Wildman–Crippen LogP) is 2.82. The molecule has 0 saturated carbocycles. The largest absolute Gasteiger partial charge is 0.332 e. The first-order chi connectivity index (χ1) is 13.1.